The largest absolute Gasteiger partial charge is 0.433 e. The van der Waals surface area contributed by atoms with Gasteiger partial charge >= 0.3 is 12.8 Å². The Morgan fingerprint density at radius 1 is 1.30 bits per heavy atom. The number of alkyl halides is 5. The zero-order valence-electron chi connectivity index (χ0n) is 15.2. The summed E-state index contributed by atoms with van der Waals surface area (Å²) in [5.74, 6) is -3.75. The Balaban J connectivity index is 2.24. The lowest BCUT2D eigenvalue weighted by Crippen LogP contribution is -2.52. The summed E-state index contributed by atoms with van der Waals surface area (Å²) in [6.07, 6.45) is -4.73. The van der Waals surface area contributed by atoms with Crippen molar-refractivity contribution in [2.45, 2.75) is 18.8 Å². The maximum Gasteiger partial charge on any atom is 0.401 e. The van der Waals surface area contributed by atoms with Crippen molar-refractivity contribution in [1.82, 2.24) is 5.32 Å². The lowest BCUT2D eigenvalue weighted by Gasteiger charge is -2.27. The molecule has 1 saturated heterocycles. The van der Waals surface area contributed by atoms with Crippen molar-refractivity contribution in [3.05, 3.63) is 18.2 Å². The van der Waals surface area contributed by atoms with Gasteiger partial charge < -0.3 is 25.4 Å². The minimum absolute atomic E-state index is 0.143. The normalized spacial score (nSPS) is 15.8. The SMILES string of the molecule is NC(=O)[C@H](NCC(F)(F)F)C(=O)Nc1ccc(N2CCOCC2=O)cc1OC(F)F. The van der Waals surface area contributed by atoms with Crippen molar-refractivity contribution in [1.29, 1.82) is 0 Å². The van der Waals surface area contributed by atoms with Gasteiger partial charge in [0.15, 0.2) is 11.8 Å². The quantitative estimate of drug-likeness (QED) is 0.402. The van der Waals surface area contributed by atoms with Crippen molar-refractivity contribution >= 4 is 29.1 Å². The molecule has 2 rings (SSSR count). The van der Waals surface area contributed by atoms with E-state index in [1.54, 1.807) is 5.32 Å². The molecule has 1 fully saturated rings. The van der Waals surface area contributed by atoms with E-state index in [1.165, 1.54) is 11.0 Å². The Morgan fingerprint density at radius 3 is 2.57 bits per heavy atom. The van der Waals surface area contributed by atoms with Gasteiger partial charge in [-0.2, -0.15) is 22.0 Å². The summed E-state index contributed by atoms with van der Waals surface area (Å²) in [7, 11) is 0. The molecule has 1 heterocycles. The third kappa shape index (κ3) is 6.52. The number of amides is 3. The van der Waals surface area contributed by atoms with Gasteiger partial charge in [0.05, 0.1) is 18.8 Å². The van der Waals surface area contributed by atoms with E-state index in [0.717, 1.165) is 12.1 Å². The monoisotopic (exact) mass is 440 g/mol. The molecule has 4 N–H and O–H groups in total. The minimum Gasteiger partial charge on any atom is -0.433 e. The second-order valence-electron chi connectivity index (χ2n) is 5.98. The summed E-state index contributed by atoms with van der Waals surface area (Å²) in [6, 6.07) is 1.33. The Labute approximate surface area is 166 Å². The second kappa shape index (κ2) is 9.67. The van der Waals surface area contributed by atoms with Crippen molar-refractivity contribution in [3.8, 4) is 5.75 Å². The Hall–Kier alpha value is -3.00. The van der Waals surface area contributed by atoms with Crippen LogP contribution in [0, 0.1) is 0 Å². The van der Waals surface area contributed by atoms with Crippen LogP contribution in [0.1, 0.15) is 0 Å². The van der Waals surface area contributed by atoms with Crippen molar-refractivity contribution in [3.63, 3.8) is 0 Å². The Kier molecular flexibility index (Phi) is 7.50. The summed E-state index contributed by atoms with van der Waals surface area (Å²) in [5.41, 5.74) is 4.73. The molecule has 1 aliphatic heterocycles. The summed E-state index contributed by atoms with van der Waals surface area (Å²) in [5, 5.41) is 3.66. The fraction of sp³-hybridized carbons (Fsp3) is 0.438. The number of nitrogens with one attached hydrogen (secondary N) is 2. The molecular formula is C16H17F5N4O5. The molecule has 1 atom stereocenters. The smallest absolute Gasteiger partial charge is 0.401 e. The number of carbonyl (C=O) groups excluding carboxylic acids is 3. The van der Waals surface area contributed by atoms with Crippen LogP contribution < -0.4 is 26.0 Å². The van der Waals surface area contributed by atoms with Gasteiger partial charge in [0.25, 0.3) is 11.8 Å². The molecule has 0 saturated carbocycles. The van der Waals surface area contributed by atoms with Crippen LogP contribution in [0.2, 0.25) is 0 Å². The van der Waals surface area contributed by atoms with Gasteiger partial charge in [-0.3, -0.25) is 19.7 Å². The van der Waals surface area contributed by atoms with E-state index in [-0.39, 0.29) is 31.1 Å². The first-order chi connectivity index (χ1) is 14.0. The average molecular weight is 440 g/mol. The van der Waals surface area contributed by atoms with Gasteiger partial charge in [0.2, 0.25) is 5.91 Å². The standard InChI is InChI=1S/C16H17F5N4O5/c17-15(18)30-10-5-8(25-3-4-29-6-11(25)26)1-2-9(10)24-14(28)12(13(22)27)23-7-16(19,20)21/h1-2,5,12,15,23H,3-4,6-7H2,(H2,22,27)(H,24,28)/t12-/m0/s1. The van der Waals surface area contributed by atoms with E-state index in [4.69, 9.17) is 10.5 Å². The van der Waals surface area contributed by atoms with E-state index in [2.05, 4.69) is 4.74 Å². The summed E-state index contributed by atoms with van der Waals surface area (Å²) in [6.45, 7) is -4.86. The highest BCUT2D eigenvalue weighted by Gasteiger charge is 2.33. The van der Waals surface area contributed by atoms with E-state index in [0.29, 0.717) is 0 Å². The highest BCUT2D eigenvalue weighted by molar-refractivity contribution is 6.10. The number of morpholine rings is 1. The van der Waals surface area contributed by atoms with Gasteiger partial charge in [0.1, 0.15) is 6.61 Å². The number of ether oxygens (including phenoxy) is 2. The summed E-state index contributed by atoms with van der Waals surface area (Å²) < 4.78 is 71.9. The molecule has 14 heteroatoms. The number of nitrogens with two attached hydrogens (primary N) is 1. The molecule has 30 heavy (non-hydrogen) atoms. The zero-order valence-corrected chi connectivity index (χ0v) is 15.2. The van der Waals surface area contributed by atoms with Crippen molar-refractivity contribution in [2.75, 3.05) is 36.5 Å². The van der Waals surface area contributed by atoms with Crippen LogP contribution >= 0.6 is 0 Å². The van der Waals surface area contributed by atoms with E-state index >= 15 is 0 Å². The van der Waals surface area contributed by atoms with Gasteiger partial charge in [-0.05, 0) is 12.1 Å². The highest BCUT2D eigenvalue weighted by atomic mass is 19.4. The molecule has 0 bridgehead atoms. The van der Waals surface area contributed by atoms with Crippen LogP contribution in [0.4, 0.5) is 33.3 Å². The predicted molar refractivity (Wildman–Crippen MR) is 91.9 cm³/mol. The molecule has 0 aliphatic carbocycles. The maximum absolute atomic E-state index is 12.8. The van der Waals surface area contributed by atoms with E-state index in [9.17, 15) is 36.3 Å². The number of hydrogen-bond acceptors (Lipinski definition) is 6. The number of halogens is 5. The van der Waals surface area contributed by atoms with E-state index in [1.807, 2.05) is 5.32 Å². The van der Waals surface area contributed by atoms with Gasteiger partial charge in [0, 0.05) is 18.3 Å². The molecule has 0 spiro atoms. The van der Waals surface area contributed by atoms with Crippen LogP contribution in [0.3, 0.4) is 0 Å². The number of benzene rings is 1. The highest BCUT2D eigenvalue weighted by Crippen LogP contribution is 2.32. The van der Waals surface area contributed by atoms with Crippen LogP contribution in [0.25, 0.3) is 0 Å². The number of nitrogens with zero attached hydrogens (tertiary/aromatic N) is 1. The van der Waals surface area contributed by atoms with E-state index < -0.39 is 48.8 Å². The lowest BCUT2D eigenvalue weighted by molar-refractivity contribution is -0.135. The Bertz CT molecular complexity index is 805. The second-order valence-corrected chi connectivity index (χ2v) is 5.98. The van der Waals surface area contributed by atoms with Crippen molar-refractivity contribution < 1.29 is 45.8 Å². The molecule has 3 amide bonds. The molecule has 1 aromatic carbocycles. The van der Waals surface area contributed by atoms with Crippen LogP contribution in [0.15, 0.2) is 18.2 Å². The summed E-state index contributed by atoms with van der Waals surface area (Å²) in [4.78, 5) is 36.7. The number of hydrogen-bond donors (Lipinski definition) is 3. The molecule has 166 valence electrons. The first-order valence-corrected chi connectivity index (χ1v) is 8.35. The average Bonchev–Trinajstić information content (AvgIpc) is 2.62. The zero-order chi connectivity index (χ0) is 22.5. The van der Waals surface area contributed by atoms with Crippen LogP contribution in [-0.4, -0.2) is 62.9 Å². The summed E-state index contributed by atoms with van der Waals surface area (Å²) >= 11 is 0. The number of primary amides is 1. The molecule has 0 aromatic heterocycles. The predicted octanol–water partition coefficient (Wildman–Crippen LogP) is 0.595. The first kappa shape index (κ1) is 23.3. The van der Waals surface area contributed by atoms with Crippen molar-refractivity contribution in [2.24, 2.45) is 5.73 Å². The van der Waals surface area contributed by atoms with Crippen LogP contribution in [0.5, 0.6) is 5.75 Å². The lowest BCUT2D eigenvalue weighted by atomic mass is 10.2. The third-order valence-electron chi connectivity index (χ3n) is 3.79. The number of rotatable bonds is 8. The maximum atomic E-state index is 12.8. The Morgan fingerprint density at radius 2 is 2.00 bits per heavy atom. The molecule has 1 aromatic rings. The topological polar surface area (TPSA) is 123 Å². The third-order valence-corrected chi connectivity index (χ3v) is 3.79. The molecule has 0 unspecified atom stereocenters. The fourth-order valence-corrected chi connectivity index (χ4v) is 2.51. The number of anilines is 2. The van der Waals surface area contributed by atoms with Gasteiger partial charge in [-0.15, -0.1) is 0 Å². The number of carbonyl (C=O) groups is 3. The van der Waals surface area contributed by atoms with Crippen LogP contribution in [-0.2, 0) is 19.1 Å². The fourth-order valence-electron chi connectivity index (χ4n) is 2.51. The van der Waals surface area contributed by atoms with Gasteiger partial charge in [-0.25, -0.2) is 0 Å². The molecule has 1 aliphatic rings. The molecule has 9 nitrogen and oxygen atoms in total. The minimum atomic E-state index is -4.73. The first-order valence-electron chi connectivity index (χ1n) is 8.35. The molecular weight excluding hydrogens is 423 g/mol. The molecule has 0 radical (unpaired) electrons. The van der Waals surface area contributed by atoms with Gasteiger partial charge in [-0.1, -0.05) is 0 Å².